The first-order valence-corrected chi connectivity index (χ1v) is 7.43. The number of amides is 1. The maximum Gasteiger partial charge on any atom is 0.307 e. The van der Waals surface area contributed by atoms with E-state index in [0.717, 1.165) is 24.3 Å². The second kappa shape index (κ2) is 9.37. The molecule has 1 aromatic rings. The molecule has 0 aromatic heterocycles. The van der Waals surface area contributed by atoms with Gasteiger partial charge in [-0.2, -0.15) is 0 Å². The zero-order valence-electron chi connectivity index (χ0n) is 13.2. The van der Waals surface area contributed by atoms with E-state index in [9.17, 15) is 9.59 Å². The summed E-state index contributed by atoms with van der Waals surface area (Å²) in [5.74, 6) is -0.470. The van der Waals surface area contributed by atoms with Gasteiger partial charge in [0.1, 0.15) is 5.75 Å². The molecule has 1 heterocycles. The molecule has 1 aliphatic heterocycles. The number of piperidine rings is 1. The fourth-order valence-corrected chi connectivity index (χ4v) is 2.64. The Hall–Kier alpha value is -1.79. The first-order chi connectivity index (χ1) is 10.6. The lowest BCUT2D eigenvalue weighted by Gasteiger charge is -2.29. The minimum absolute atomic E-state index is 0. The minimum atomic E-state index is -0.776. The van der Waals surface area contributed by atoms with Crippen LogP contribution in [0.3, 0.4) is 0 Å². The number of carboxylic acid groups (broad SMARTS) is 1. The van der Waals surface area contributed by atoms with E-state index >= 15 is 0 Å². The Kier molecular flexibility index (Phi) is 7.85. The van der Waals surface area contributed by atoms with Crippen molar-refractivity contribution in [2.24, 2.45) is 5.92 Å². The summed E-state index contributed by atoms with van der Waals surface area (Å²) in [7, 11) is 1.60. The summed E-state index contributed by atoms with van der Waals surface area (Å²) in [4.78, 5) is 24.9. The van der Waals surface area contributed by atoms with E-state index in [0.29, 0.717) is 19.5 Å². The molecular weight excluding hydrogens is 320 g/mol. The molecular formula is C16H23ClN2O4. The van der Waals surface area contributed by atoms with Gasteiger partial charge in [-0.3, -0.25) is 14.5 Å². The SMILES string of the molecule is COc1cccc(CNC(=O)CN2CCCC(C(=O)O)C2)c1.Cl. The maximum atomic E-state index is 12.0. The monoisotopic (exact) mass is 342 g/mol. The van der Waals surface area contributed by atoms with E-state index in [4.69, 9.17) is 9.84 Å². The number of hydrogen-bond acceptors (Lipinski definition) is 4. The highest BCUT2D eigenvalue weighted by Gasteiger charge is 2.26. The van der Waals surface area contributed by atoms with Gasteiger partial charge >= 0.3 is 5.97 Å². The van der Waals surface area contributed by atoms with E-state index in [1.807, 2.05) is 29.2 Å². The highest BCUT2D eigenvalue weighted by atomic mass is 35.5. The number of carbonyl (C=O) groups excluding carboxylic acids is 1. The summed E-state index contributed by atoms with van der Waals surface area (Å²) in [5, 5.41) is 11.9. The average Bonchev–Trinajstić information content (AvgIpc) is 2.53. The number of methoxy groups -OCH3 is 1. The molecule has 7 heteroatoms. The average molecular weight is 343 g/mol. The smallest absolute Gasteiger partial charge is 0.307 e. The highest BCUT2D eigenvalue weighted by Crippen LogP contribution is 2.16. The molecule has 0 bridgehead atoms. The van der Waals surface area contributed by atoms with Crippen LogP contribution in [0.1, 0.15) is 18.4 Å². The Balaban J connectivity index is 0.00000264. The van der Waals surface area contributed by atoms with Gasteiger partial charge in [-0.15, -0.1) is 12.4 Å². The van der Waals surface area contributed by atoms with Crippen LogP contribution in [0.2, 0.25) is 0 Å². The highest BCUT2D eigenvalue weighted by molar-refractivity contribution is 5.85. The maximum absolute atomic E-state index is 12.0. The first kappa shape index (κ1) is 19.3. The van der Waals surface area contributed by atoms with Crippen LogP contribution in [0.15, 0.2) is 24.3 Å². The number of halogens is 1. The van der Waals surface area contributed by atoms with Crippen LogP contribution in [0, 0.1) is 5.92 Å². The van der Waals surface area contributed by atoms with Crippen molar-refractivity contribution in [3.05, 3.63) is 29.8 Å². The molecule has 1 amide bonds. The standard InChI is InChI=1S/C16H22N2O4.ClH/c1-22-14-6-2-4-12(8-14)9-17-15(19)11-18-7-3-5-13(10-18)16(20)21;/h2,4,6,8,13H,3,5,7,9-11H2,1H3,(H,17,19)(H,20,21);1H. The number of carbonyl (C=O) groups is 2. The van der Waals surface area contributed by atoms with E-state index < -0.39 is 5.97 Å². The molecule has 23 heavy (non-hydrogen) atoms. The number of nitrogens with one attached hydrogen (secondary N) is 1. The molecule has 2 N–H and O–H groups in total. The van der Waals surface area contributed by atoms with Crippen molar-refractivity contribution in [2.45, 2.75) is 19.4 Å². The zero-order valence-corrected chi connectivity index (χ0v) is 14.0. The van der Waals surface area contributed by atoms with Crippen molar-refractivity contribution in [1.29, 1.82) is 0 Å². The van der Waals surface area contributed by atoms with Gasteiger partial charge < -0.3 is 15.2 Å². The molecule has 128 valence electrons. The molecule has 1 fully saturated rings. The minimum Gasteiger partial charge on any atom is -0.497 e. The summed E-state index contributed by atoms with van der Waals surface area (Å²) in [6.45, 7) is 1.90. The van der Waals surface area contributed by atoms with Crippen LogP contribution in [0.4, 0.5) is 0 Å². The topological polar surface area (TPSA) is 78.9 Å². The van der Waals surface area contributed by atoms with Crippen LogP contribution in [0.5, 0.6) is 5.75 Å². The predicted octanol–water partition coefficient (Wildman–Crippen LogP) is 1.53. The summed E-state index contributed by atoms with van der Waals surface area (Å²) in [6, 6.07) is 7.53. The predicted molar refractivity (Wildman–Crippen MR) is 88.9 cm³/mol. The molecule has 1 aliphatic rings. The van der Waals surface area contributed by atoms with Crippen molar-refractivity contribution >= 4 is 24.3 Å². The second-order valence-electron chi connectivity index (χ2n) is 5.54. The number of hydrogen-bond donors (Lipinski definition) is 2. The largest absolute Gasteiger partial charge is 0.497 e. The molecule has 1 unspecified atom stereocenters. The van der Waals surface area contributed by atoms with Crippen LogP contribution < -0.4 is 10.1 Å². The van der Waals surface area contributed by atoms with Crippen molar-refractivity contribution in [3.8, 4) is 5.75 Å². The lowest BCUT2D eigenvalue weighted by Crippen LogP contribution is -2.44. The molecule has 2 rings (SSSR count). The molecule has 1 saturated heterocycles. The number of benzene rings is 1. The van der Waals surface area contributed by atoms with Gasteiger partial charge in [0.2, 0.25) is 5.91 Å². The number of likely N-dealkylation sites (tertiary alicyclic amines) is 1. The summed E-state index contributed by atoms with van der Waals surface area (Å²) in [5.41, 5.74) is 0.967. The zero-order chi connectivity index (χ0) is 15.9. The van der Waals surface area contributed by atoms with Crippen LogP contribution in [-0.2, 0) is 16.1 Å². The Morgan fingerprint density at radius 1 is 1.43 bits per heavy atom. The van der Waals surface area contributed by atoms with E-state index in [2.05, 4.69) is 5.32 Å². The lowest BCUT2D eigenvalue weighted by molar-refractivity contribution is -0.144. The molecule has 0 spiro atoms. The van der Waals surface area contributed by atoms with Gasteiger partial charge in [-0.25, -0.2) is 0 Å². The fourth-order valence-electron chi connectivity index (χ4n) is 2.64. The van der Waals surface area contributed by atoms with E-state index in [1.165, 1.54) is 0 Å². The Morgan fingerprint density at radius 2 is 2.22 bits per heavy atom. The van der Waals surface area contributed by atoms with Gasteiger partial charge in [0.05, 0.1) is 19.6 Å². The third-order valence-corrected chi connectivity index (χ3v) is 3.85. The van der Waals surface area contributed by atoms with Crippen molar-refractivity contribution in [1.82, 2.24) is 10.2 Å². The van der Waals surface area contributed by atoms with Crippen LogP contribution in [-0.4, -0.2) is 48.6 Å². The molecule has 6 nitrogen and oxygen atoms in total. The van der Waals surface area contributed by atoms with Crippen molar-refractivity contribution in [2.75, 3.05) is 26.7 Å². The number of ether oxygens (including phenoxy) is 1. The Labute approximate surface area is 142 Å². The molecule has 0 aliphatic carbocycles. The third kappa shape index (κ3) is 6.08. The van der Waals surface area contributed by atoms with Gasteiger partial charge in [-0.05, 0) is 37.1 Å². The normalized spacial score (nSPS) is 17.9. The summed E-state index contributed by atoms with van der Waals surface area (Å²) >= 11 is 0. The number of carboxylic acids is 1. The molecule has 1 aromatic carbocycles. The second-order valence-corrected chi connectivity index (χ2v) is 5.54. The van der Waals surface area contributed by atoms with Crippen molar-refractivity contribution in [3.63, 3.8) is 0 Å². The quantitative estimate of drug-likeness (QED) is 0.819. The summed E-state index contributed by atoms with van der Waals surface area (Å²) in [6.07, 6.45) is 1.51. The Bertz CT molecular complexity index is 539. The third-order valence-electron chi connectivity index (χ3n) is 3.85. The molecule has 0 radical (unpaired) electrons. The van der Waals surface area contributed by atoms with Gasteiger partial charge in [0.15, 0.2) is 0 Å². The van der Waals surface area contributed by atoms with Gasteiger partial charge in [0, 0.05) is 13.1 Å². The lowest BCUT2D eigenvalue weighted by atomic mass is 9.98. The molecule has 1 atom stereocenters. The number of aliphatic carboxylic acids is 1. The van der Waals surface area contributed by atoms with Crippen molar-refractivity contribution < 1.29 is 19.4 Å². The number of rotatable bonds is 6. The van der Waals surface area contributed by atoms with Gasteiger partial charge in [0.25, 0.3) is 0 Å². The molecule has 0 saturated carbocycles. The van der Waals surface area contributed by atoms with Crippen LogP contribution >= 0.6 is 12.4 Å². The first-order valence-electron chi connectivity index (χ1n) is 7.43. The number of nitrogens with zero attached hydrogens (tertiary/aromatic N) is 1. The Morgan fingerprint density at radius 3 is 2.91 bits per heavy atom. The van der Waals surface area contributed by atoms with Gasteiger partial charge in [-0.1, -0.05) is 12.1 Å². The van der Waals surface area contributed by atoms with E-state index in [1.54, 1.807) is 7.11 Å². The summed E-state index contributed by atoms with van der Waals surface area (Å²) < 4.78 is 5.14. The van der Waals surface area contributed by atoms with E-state index in [-0.39, 0.29) is 30.8 Å². The van der Waals surface area contributed by atoms with Crippen LogP contribution in [0.25, 0.3) is 0 Å². The fraction of sp³-hybridized carbons (Fsp3) is 0.500.